The molecule has 0 aliphatic carbocycles. The van der Waals surface area contributed by atoms with Gasteiger partial charge in [-0.05, 0) is 51.0 Å². The Morgan fingerprint density at radius 3 is 2.83 bits per heavy atom. The summed E-state index contributed by atoms with van der Waals surface area (Å²) in [5.74, 6) is 1.20. The zero-order valence-corrected chi connectivity index (χ0v) is 14.6. The minimum Gasteiger partial charge on any atom is -0.360 e. The highest BCUT2D eigenvalue weighted by molar-refractivity contribution is 7.99. The molecule has 2 aliphatic rings. The van der Waals surface area contributed by atoms with Crippen molar-refractivity contribution in [1.82, 2.24) is 10.2 Å². The van der Waals surface area contributed by atoms with Gasteiger partial charge in [0.15, 0.2) is 0 Å². The highest BCUT2D eigenvalue weighted by Crippen LogP contribution is 2.33. The summed E-state index contributed by atoms with van der Waals surface area (Å²) in [6.07, 6.45) is 5.10. The van der Waals surface area contributed by atoms with Crippen molar-refractivity contribution in [1.29, 1.82) is 0 Å². The molecule has 0 unspecified atom stereocenters. The second kappa shape index (κ2) is 8.60. The van der Waals surface area contributed by atoms with Gasteiger partial charge in [-0.15, -0.1) is 11.8 Å². The maximum atomic E-state index is 12.2. The van der Waals surface area contributed by atoms with Crippen LogP contribution in [0.4, 0.5) is 5.69 Å². The Hall–Kier alpha value is -1.20. The molecule has 0 radical (unpaired) electrons. The van der Waals surface area contributed by atoms with Gasteiger partial charge >= 0.3 is 0 Å². The smallest absolute Gasteiger partial charge is 0.239 e. The van der Waals surface area contributed by atoms with Gasteiger partial charge in [-0.25, -0.2) is 0 Å². The van der Waals surface area contributed by atoms with Crippen molar-refractivity contribution < 1.29 is 4.79 Å². The lowest BCUT2D eigenvalue weighted by molar-refractivity contribution is -0.119. The maximum Gasteiger partial charge on any atom is 0.239 e. The Kier molecular flexibility index (Phi) is 6.22. The summed E-state index contributed by atoms with van der Waals surface area (Å²) >= 11 is 1.88. The third-order valence-corrected chi connectivity index (χ3v) is 5.62. The number of amides is 1. The van der Waals surface area contributed by atoms with E-state index < -0.39 is 0 Å². The van der Waals surface area contributed by atoms with Gasteiger partial charge in [0, 0.05) is 23.7 Å². The van der Waals surface area contributed by atoms with Crippen LogP contribution in [0.15, 0.2) is 29.2 Å². The lowest BCUT2D eigenvalue weighted by Gasteiger charge is -2.30. The van der Waals surface area contributed by atoms with Gasteiger partial charge in [0.2, 0.25) is 5.91 Å². The molecule has 4 nitrogen and oxygen atoms in total. The molecule has 1 aromatic carbocycles. The van der Waals surface area contributed by atoms with Crippen LogP contribution in [0.5, 0.6) is 0 Å². The average Bonchev–Trinajstić information content (AvgIpc) is 2.60. The predicted molar refractivity (Wildman–Crippen MR) is 97.3 cm³/mol. The minimum atomic E-state index is 0.144. The monoisotopic (exact) mass is 333 g/mol. The zero-order chi connectivity index (χ0) is 15.9. The van der Waals surface area contributed by atoms with E-state index in [1.165, 1.54) is 42.9 Å². The molecule has 5 heteroatoms. The Morgan fingerprint density at radius 2 is 1.96 bits per heavy atom. The number of fused-ring (bicyclic) bond motifs is 1. The molecule has 1 amide bonds. The number of benzene rings is 1. The van der Waals surface area contributed by atoms with Gasteiger partial charge in [0.1, 0.15) is 0 Å². The van der Waals surface area contributed by atoms with E-state index >= 15 is 0 Å². The lowest BCUT2D eigenvalue weighted by atomic mass is 10.1. The highest BCUT2D eigenvalue weighted by Gasteiger charge is 2.18. The molecule has 2 heterocycles. The van der Waals surface area contributed by atoms with Crippen LogP contribution in [0, 0.1) is 0 Å². The number of nitrogens with one attached hydrogen (secondary N) is 1. The minimum absolute atomic E-state index is 0.144. The van der Waals surface area contributed by atoms with Crippen molar-refractivity contribution in [2.75, 3.05) is 49.9 Å². The number of hydrogen-bond acceptors (Lipinski definition) is 4. The van der Waals surface area contributed by atoms with Crippen LogP contribution in [0.3, 0.4) is 0 Å². The van der Waals surface area contributed by atoms with E-state index in [0.717, 1.165) is 31.8 Å². The number of carbonyl (C=O) groups is 1. The molecule has 0 atom stereocenters. The molecule has 1 N–H and O–H groups in total. The number of likely N-dealkylation sites (tertiary alicyclic amines) is 1. The van der Waals surface area contributed by atoms with Crippen molar-refractivity contribution in [3.8, 4) is 0 Å². The number of thioether (sulfide) groups is 1. The number of anilines is 1. The summed E-state index contributed by atoms with van der Waals surface area (Å²) in [5.41, 5.74) is 1.20. The van der Waals surface area contributed by atoms with E-state index in [-0.39, 0.29) is 5.91 Å². The molecule has 126 valence electrons. The van der Waals surface area contributed by atoms with E-state index in [2.05, 4.69) is 33.3 Å². The van der Waals surface area contributed by atoms with E-state index in [4.69, 9.17) is 0 Å². The largest absolute Gasteiger partial charge is 0.360 e. The fraction of sp³-hybridized carbons (Fsp3) is 0.611. The Labute approximate surface area is 143 Å². The maximum absolute atomic E-state index is 12.2. The molecule has 1 saturated heterocycles. The van der Waals surface area contributed by atoms with Crippen LogP contribution in [-0.2, 0) is 4.79 Å². The van der Waals surface area contributed by atoms with Crippen molar-refractivity contribution >= 4 is 23.4 Å². The number of para-hydroxylation sites is 1. The van der Waals surface area contributed by atoms with E-state index in [1.807, 2.05) is 17.8 Å². The fourth-order valence-corrected chi connectivity index (χ4v) is 4.39. The first-order valence-corrected chi connectivity index (χ1v) is 9.77. The van der Waals surface area contributed by atoms with Crippen LogP contribution in [0.2, 0.25) is 0 Å². The van der Waals surface area contributed by atoms with Crippen molar-refractivity contribution in [3.63, 3.8) is 0 Å². The van der Waals surface area contributed by atoms with E-state index in [1.54, 1.807) is 0 Å². The normalized spacial score (nSPS) is 18.5. The number of hydrogen-bond donors (Lipinski definition) is 1. The predicted octanol–water partition coefficient (Wildman–Crippen LogP) is 2.59. The first-order valence-electron chi connectivity index (χ1n) is 8.79. The molecule has 0 aromatic heterocycles. The van der Waals surface area contributed by atoms with Gasteiger partial charge in [-0.2, -0.15) is 0 Å². The average molecular weight is 334 g/mol. The summed E-state index contributed by atoms with van der Waals surface area (Å²) < 4.78 is 0. The number of carbonyl (C=O) groups excluding carboxylic acids is 1. The summed E-state index contributed by atoms with van der Waals surface area (Å²) in [5, 5.41) is 3.09. The van der Waals surface area contributed by atoms with Gasteiger partial charge < -0.3 is 15.1 Å². The molecular weight excluding hydrogens is 306 g/mol. The first kappa shape index (κ1) is 16.7. The third kappa shape index (κ3) is 4.88. The molecule has 23 heavy (non-hydrogen) atoms. The SMILES string of the molecule is O=C(CN1CCSc2ccccc21)NCCCN1CCCCC1. The van der Waals surface area contributed by atoms with Gasteiger partial charge in [0.05, 0.1) is 12.2 Å². The van der Waals surface area contributed by atoms with Crippen LogP contribution in [0.25, 0.3) is 0 Å². The quantitative estimate of drug-likeness (QED) is 0.812. The van der Waals surface area contributed by atoms with Crippen LogP contribution < -0.4 is 10.2 Å². The second-order valence-corrected chi connectivity index (χ2v) is 7.48. The van der Waals surface area contributed by atoms with Crippen molar-refractivity contribution in [2.24, 2.45) is 0 Å². The Morgan fingerprint density at radius 1 is 1.13 bits per heavy atom. The summed E-state index contributed by atoms with van der Waals surface area (Å²) in [6.45, 7) is 5.79. The molecule has 2 aliphatic heterocycles. The summed E-state index contributed by atoms with van der Waals surface area (Å²) in [6, 6.07) is 8.37. The van der Waals surface area contributed by atoms with Gasteiger partial charge in [-0.1, -0.05) is 18.6 Å². The molecule has 0 saturated carbocycles. The molecule has 0 spiro atoms. The Balaban J connectivity index is 1.38. The van der Waals surface area contributed by atoms with Crippen LogP contribution in [-0.4, -0.2) is 55.8 Å². The van der Waals surface area contributed by atoms with Gasteiger partial charge in [0.25, 0.3) is 0 Å². The topological polar surface area (TPSA) is 35.6 Å². The number of rotatable bonds is 6. The molecule has 1 aromatic rings. The van der Waals surface area contributed by atoms with Crippen LogP contribution >= 0.6 is 11.8 Å². The second-order valence-electron chi connectivity index (χ2n) is 6.34. The van der Waals surface area contributed by atoms with Gasteiger partial charge in [-0.3, -0.25) is 4.79 Å². The van der Waals surface area contributed by atoms with Crippen molar-refractivity contribution in [2.45, 2.75) is 30.6 Å². The summed E-state index contributed by atoms with van der Waals surface area (Å²) in [4.78, 5) is 18.2. The summed E-state index contributed by atoms with van der Waals surface area (Å²) in [7, 11) is 0. The lowest BCUT2D eigenvalue weighted by Crippen LogP contribution is -2.40. The third-order valence-electron chi connectivity index (χ3n) is 4.58. The molecule has 1 fully saturated rings. The Bertz CT molecular complexity index is 517. The zero-order valence-electron chi connectivity index (χ0n) is 13.8. The molecule has 3 rings (SSSR count). The fourth-order valence-electron chi connectivity index (χ4n) is 3.33. The highest BCUT2D eigenvalue weighted by atomic mass is 32.2. The standard InChI is InChI=1S/C18H27N3OS/c22-18(19-9-6-12-20-10-4-1-5-11-20)15-21-13-14-23-17-8-3-2-7-16(17)21/h2-3,7-8H,1,4-6,9-15H2,(H,19,22). The molecule has 0 bridgehead atoms. The first-order chi connectivity index (χ1) is 11.3. The van der Waals surface area contributed by atoms with Crippen molar-refractivity contribution in [3.05, 3.63) is 24.3 Å². The number of nitrogens with zero attached hydrogens (tertiary/aromatic N) is 2. The number of piperidine rings is 1. The van der Waals surface area contributed by atoms with E-state index in [0.29, 0.717) is 6.54 Å². The van der Waals surface area contributed by atoms with Crippen LogP contribution in [0.1, 0.15) is 25.7 Å². The molecular formula is C18H27N3OS. The van der Waals surface area contributed by atoms with E-state index in [9.17, 15) is 4.79 Å².